The zero-order valence-electron chi connectivity index (χ0n) is 17.1. The fraction of sp³-hybridized carbons (Fsp3) is 0.174. The van der Waals surface area contributed by atoms with Crippen molar-refractivity contribution in [1.82, 2.24) is 14.8 Å². The van der Waals surface area contributed by atoms with E-state index in [1.54, 1.807) is 12.1 Å². The van der Waals surface area contributed by atoms with Gasteiger partial charge < -0.3 is 9.30 Å². The van der Waals surface area contributed by atoms with Gasteiger partial charge in [-0.15, -0.1) is 0 Å². The largest absolute Gasteiger partial charge is 0.492 e. The molecular formula is C23H19BrClN3O3S. The van der Waals surface area contributed by atoms with E-state index in [-0.39, 0.29) is 10.7 Å². The molecule has 1 fully saturated rings. The Morgan fingerprint density at radius 1 is 1.22 bits per heavy atom. The van der Waals surface area contributed by atoms with Crippen molar-refractivity contribution in [1.29, 1.82) is 0 Å². The molecule has 0 unspecified atom stereocenters. The smallest absolute Gasteiger partial charge is 0.265 e. The summed E-state index contributed by atoms with van der Waals surface area (Å²) in [6, 6.07) is 13.3. The average Bonchev–Trinajstić information content (AvgIpc) is 3.10. The van der Waals surface area contributed by atoms with Crippen LogP contribution in [0.3, 0.4) is 0 Å². The summed E-state index contributed by atoms with van der Waals surface area (Å²) in [5.74, 6) is -0.269. The van der Waals surface area contributed by atoms with Crippen LogP contribution in [-0.2, 0) is 16.1 Å². The Morgan fingerprint density at radius 3 is 2.78 bits per heavy atom. The zero-order valence-corrected chi connectivity index (χ0v) is 20.3. The zero-order chi connectivity index (χ0) is 22.8. The van der Waals surface area contributed by atoms with E-state index in [0.717, 1.165) is 27.4 Å². The number of aromatic nitrogens is 1. The van der Waals surface area contributed by atoms with Crippen molar-refractivity contribution < 1.29 is 14.3 Å². The molecular weight excluding hydrogens is 514 g/mol. The van der Waals surface area contributed by atoms with E-state index in [4.69, 9.17) is 28.6 Å². The average molecular weight is 533 g/mol. The Kier molecular flexibility index (Phi) is 6.64. The van der Waals surface area contributed by atoms with Gasteiger partial charge in [-0.3, -0.25) is 19.8 Å². The lowest BCUT2D eigenvalue weighted by Crippen LogP contribution is -2.52. The molecule has 0 bridgehead atoms. The van der Waals surface area contributed by atoms with Gasteiger partial charge in [-0.2, -0.15) is 0 Å². The van der Waals surface area contributed by atoms with Crippen LogP contribution in [0.15, 0.2) is 58.7 Å². The molecule has 0 radical (unpaired) electrons. The monoisotopic (exact) mass is 531 g/mol. The van der Waals surface area contributed by atoms with Gasteiger partial charge in [0.15, 0.2) is 5.11 Å². The fourth-order valence-electron chi connectivity index (χ4n) is 3.48. The maximum absolute atomic E-state index is 12.6. The molecule has 2 aromatic carbocycles. The van der Waals surface area contributed by atoms with E-state index in [2.05, 4.69) is 25.8 Å². The first-order valence-corrected chi connectivity index (χ1v) is 11.4. The molecule has 32 heavy (non-hydrogen) atoms. The van der Waals surface area contributed by atoms with Gasteiger partial charge in [0.05, 0.1) is 11.6 Å². The second-order valence-corrected chi connectivity index (χ2v) is 8.96. The third-order valence-corrected chi connectivity index (χ3v) is 6.30. The van der Waals surface area contributed by atoms with Crippen molar-refractivity contribution >= 4 is 73.7 Å². The number of para-hydroxylation sites is 1. The van der Waals surface area contributed by atoms with E-state index in [1.165, 1.54) is 11.9 Å². The number of nitrogens with one attached hydrogen (secondary N) is 1. The number of fused-ring (bicyclic) bond motifs is 1. The highest BCUT2D eigenvalue weighted by Gasteiger charge is 2.31. The van der Waals surface area contributed by atoms with E-state index < -0.39 is 11.8 Å². The third-order valence-electron chi connectivity index (χ3n) is 5.12. The minimum absolute atomic E-state index is 0.0437. The number of carbonyl (C=O) groups excluding carboxylic acids is 2. The lowest BCUT2D eigenvalue weighted by atomic mass is 10.1. The van der Waals surface area contributed by atoms with Crippen LogP contribution in [0.1, 0.15) is 12.0 Å². The molecule has 9 heteroatoms. The maximum atomic E-state index is 12.6. The Bertz CT molecular complexity index is 1270. The molecule has 2 heterocycles. The molecule has 0 spiro atoms. The Morgan fingerprint density at radius 2 is 2.00 bits per heavy atom. The molecule has 164 valence electrons. The van der Waals surface area contributed by atoms with Gasteiger partial charge >= 0.3 is 0 Å². The summed E-state index contributed by atoms with van der Waals surface area (Å²) in [6.07, 6.45) is 4.30. The fourth-order valence-corrected chi connectivity index (χ4v) is 4.20. The van der Waals surface area contributed by atoms with Crippen molar-refractivity contribution in [3.8, 4) is 5.75 Å². The quantitative estimate of drug-likeness (QED) is 0.215. The minimum Gasteiger partial charge on any atom is -0.492 e. The second-order valence-electron chi connectivity index (χ2n) is 7.25. The number of ether oxygens (including phenoxy) is 1. The first-order valence-electron chi connectivity index (χ1n) is 9.86. The summed E-state index contributed by atoms with van der Waals surface area (Å²) >= 11 is 14.7. The number of likely N-dealkylation sites (N-methyl/N-ethyl adjacent to an activating group) is 1. The van der Waals surface area contributed by atoms with E-state index in [9.17, 15) is 9.59 Å². The molecule has 0 atom stereocenters. The molecule has 2 amide bonds. The lowest BCUT2D eigenvalue weighted by molar-refractivity contribution is -0.128. The predicted molar refractivity (Wildman–Crippen MR) is 133 cm³/mol. The van der Waals surface area contributed by atoms with Crippen LogP contribution in [0.2, 0.25) is 5.02 Å². The number of thiocarbonyl (C=S) groups is 1. The molecule has 1 aliphatic rings. The topological polar surface area (TPSA) is 63.6 Å². The molecule has 0 saturated carbocycles. The van der Waals surface area contributed by atoms with Crippen LogP contribution in [-0.4, -0.2) is 40.0 Å². The first kappa shape index (κ1) is 22.5. The molecule has 1 saturated heterocycles. The number of halogens is 2. The minimum atomic E-state index is -0.498. The van der Waals surface area contributed by atoms with Crippen molar-refractivity contribution in [3.63, 3.8) is 0 Å². The van der Waals surface area contributed by atoms with Crippen LogP contribution in [0, 0.1) is 0 Å². The summed E-state index contributed by atoms with van der Waals surface area (Å²) in [5.41, 5.74) is 1.81. The lowest BCUT2D eigenvalue weighted by Gasteiger charge is -2.24. The second kappa shape index (κ2) is 9.44. The highest BCUT2D eigenvalue weighted by molar-refractivity contribution is 9.10. The molecule has 1 aliphatic heterocycles. The molecule has 1 aromatic heterocycles. The van der Waals surface area contributed by atoms with Crippen LogP contribution >= 0.6 is 39.7 Å². The van der Waals surface area contributed by atoms with Crippen molar-refractivity contribution in [2.24, 2.45) is 0 Å². The summed E-state index contributed by atoms with van der Waals surface area (Å²) in [4.78, 5) is 26.2. The first-order chi connectivity index (χ1) is 15.3. The van der Waals surface area contributed by atoms with Gasteiger partial charge in [0.2, 0.25) is 0 Å². The summed E-state index contributed by atoms with van der Waals surface area (Å²) < 4.78 is 8.78. The number of hydrogen-bond donors (Lipinski definition) is 1. The van der Waals surface area contributed by atoms with Gasteiger partial charge in [-0.05, 0) is 55.0 Å². The van der Waals surface area contributed by atoms with Gasteiger partial charge in [0.25, 0.3) is 11.8 Å². The number of nitrogens with zero attached hydrogens (tertiary/aromatic N) is 2. The van der Waals surface area contributed by atoms with Crippen LogP contribution in [0.25, 0.3) is 17.0 Å². The molecule has 6 nitrogen and oxygen atoms in total. The van der Waals surface area contributed by atoms with Gasteiger partial charge in [0, 0.05) is 40.7 Å². The van der Waals surface area contributed by atoms with Gasteiger partial charge in [-0.25, -0.2) is 0 Å². The Hall–Kier alpha value is -2.68. The van der Waals surface area contributed by atoms with Crippen molar-refractivity contribution in [3.05, 3.63) is 69.3 Å². The molecule has 1 N–H and O–H groups in total. The number of aryl methyl sites for hydroxylation is 1. The van der Waals surface area contributed by atoms with Crippen LogP contribution in [0.4, 0.5) is 0 Å². The molecule has 4 rings (SSSR count). The van der Waals surface area contributed by atoms with Gasteiger partial charge in [0.1, 0.15) is 11.3 Å². The highest BCUT2D eigenvalue weighted by Crippen LogP contribution is 2.28. The standard InChI is InChI=1S/C23H19BrClN3O3S/c1-27-22(30)17(21(29)26-23(27)32)11-14-13-28(19-8-7-15(24)12-16(14)19)9-4-10-31-20-6-3-2-5-18(20)25/h2-3,5-8,11-13H,4,9-10H2,1H3,(H,26,29,32)/b17-11-. The van der Waals surface area contributed by atoms with Gasteiger partial charge in [-0.1, -0.05) is 39.7 Å². The molecule has 0 aliphatic carbocycles. The number of amides is 2. The number of carbonyl (C=O) groups is 2. The van der Waals surface area contributed by atoms with Crippen molar-refractivity contribution in [2.45, 2.75) is 13.0 Å². The summed E-state index contributed by atoms with van der Waals surface area (Å²) in [7, 11) is 1.54. The Balaban J connectivity index is 1.59. The van der Waals surface area contributed by atoms with E-state index >= 15 is 0 Å². The molecule has 3 aromatic rings. The number of rotatable bonds is 6. The SMILES string of the molecule is CN1C(=O)/C(=C\c2cn(CCCOc3ccccc3Cl)c3ccc(Br)cc23)C(=O)NC1=S. The third kappa shape index (κ3) is 4.57. The maximum Gasteiger partial charge on any atom is 0.265 e. The normalized spacial score (nSPS) is 15.5. The van der Waals surface area contributed by atoms with E-state index in [1.807, 2.05) is 42.6 Å². The highest BCUT2D eigenvalue weighted by atomic mass is 79.9. The van der Waals surface area contributed by atoms with E-state index in [0.29, 0.717) is 23.9 Å². The number of hydrogen-bond acceptors (Lipinski definition) is 4. The summed E-state index contributed by atoms with van der Waals surface area (Å²) in [5, 5.41) is 4.15. The number of benzene rings is 2. The van der Waals surface area contributed by atoms with Crippen LogP contribution < -0.4 is 10.1 Å². The van der Waals surface area contributed by atoms with Crippen molar-refractivity contribution in [2.75, 3.05) is 13.7 Å². The summed E-state index contributed by atoms with van der Waals surface area (Å²) in [6.45, 7) is 1.19. The predicted octanol–water partition coefficient (Wildman–Crippen LogP) is 4.78. The Labute approximate surface area is 203 Å². The van der Waals surface area contributed by atoms with Crippen LogP contribution in [0.5, 0.6) is 5.75 Å².